The summed E-state index contributed by atoms with van der Waals surface area (Å²) in [4.78, 5) is 2.62. The lowest BCUT2D eigenvalue weighted by Crippen LogP contribution is -2.49. The van der Waals surface area contributed by atoms with Crippen molar-refractivity contribution in [3.63, 3.8) is 0 Å². The van der Waals surface area contributed by atoms with Gasteiger partial charge in [-0.3, -0.25) is 0 Å². The predicted octanol–water partition coefficient (Wildman–Crippen LogP) is 3.10. The molecule has 0 bridgehead atoms. The van der Waals surface area contributed by atoms with Crippen LogP contribution >= 0.6 is 0 Å². The molecule has 2 nitrogen and oxygen atoms in total. The molecule has 0 radical (unpaired) electrons. The standard InChI is InChI=1S/C16H24N2/c1-12-11-13-7-5-6-9-15(13)18(12)16-10-4-2-3-8-14(16)17/h5-7,9,12,14,16H,2-4,8,10-11,17H2,1H3. The van der Waals surface area contributed by atoms with E-state index < -0.39 is 0 Å². The van der Waals surface area contributed by atoms with Gasteiger partial charge in [0.25, 0.3) is 0 Å². The first-order chi connectivity index (χ1) is 8.77. The SMILES string of the molecule is CC1Cc2ccccc2N1C1CCCCCC1N. The number of nitrogens with zero attached hydrogens (tertiary/aromatic N) is 1. The highest BCUT2D eigenvalue weighted by Crippen LogP contribution is 2.36. The smallest absolute Gasteiger partial charge is 0.0444 e. The number of anilines is 1. The Bertz CT molecular complexity index is 415. The summed E-state index contributed by atoms with van der Waals surface area (Å²) in [7, 11) is 0. The Morgan fingerprint density at radius 3 is 2.78 bits per heavy atom. The van der Waals surface area contributed by atoms with Gasteiger partial charge in [-0.1, -0.05) is 37.5 Å². The van der Waals surface area contributed by atoms with Crippen molar-refractivity contribution in [2.75, 3.05) is 4.90 Å². The van der Waals surface area contributed by atoms with Crippen molar-refractivity contribution >= 4 is 5.69 Å². The van der Waals surface area contributed by atoms with Gasteiger partial charge in [-0.25, -0.2) is 0 Å². The van der Waals surface area contributed by atoms with E-state index in [-0.39, 0.29) is 0 Å². The van der Waals surface area contributed by atoms with E-state index in [1.807, 2.05) is 0 Å². The zero-order chi connectivity index (χ0) is 12.5. The molecule has 0 spiro atoms. The molecule has 1 aromatic carbocycles. The minimum absolute atomic E-state index is 0.348. The Morgan fingerprint density at radius 1 is 1.11 bits per heavy atom. The van der Waals surface area contributed by atoms with E-state index >= 15 is 0 Å². The normalized spacial score (nSPS) is 32.1. The van der Waals surface area contributed by atoms with E-state index in [0.717, 1.165) is 0 Å². The number of nitrogens with two attached hydrogens (primary N) is 1. The number of rotatable bonds is 1. The van der Waals surface area contributed by atoms with E-state index in [4.69, 9.17) is 5.73 Å². The fourth-order valence-corrected chi connectivity index (χ4v) is 3.76. The van der Waals surface area contributed by atoms with Crippen molar-refractivity contribution in [2.24, 2.45) is 5.73 Å². The molecular formula is C16H24N2. The number of fused-ring (bicyclic) bond motifs is 1. The second-order valence-electron chi connectivity index (χ2n) is 5.96. The third-order valence-electron chi connectivity index (χ3n) is 4.65. The molecule has 0 aromatic heterocycles. The Morgan fingerprint density at radius 2 is 1.89 bits per heavy atom. The van der Waals surface area contributed by atoms with E-state index in [2.05, 4.69) is 36.1 Å². The molecule has 3 atom stereocenters. The first-order valence-electron chi connectivity index (χ1n) is 7.39. The summed E-state index contributed by atoms with van der Waals surface area (Å²) < 4.78 is 0. The molecule has 0 saturated heterocycles. The number of hydrogen-bond acceptors (Lipinski definition) is 2. The molecule has 3 rings (SSSR count). The van der Waals surface area contributed by atoms with Crippen molar-refractivity contribution in [3.05, 3.63) is 29.8 Å². The van der Waals surface area contributed by atoms with Crippen LogP contribution in [0.4, 0.5) is 5.69 Å². The fraction of sp³-hybridized carbons (Fsp3) is 0.625. The topological polar surface area (TPSA) is 29.3 Å². The molecule has 1 aliphatic carbocycles. The molecule has 2 heteroatoms. The van der Waals surface area contributed by atoms with Crippen molar-refractivity contribution in [3.8, 4) is 0 Å². The highest BCUT2D eigenvalue weighted by molar-refractivity contribution is 5.60. The first-order valence-corrected chi connectivity index (χ1v) is 7.39. The van der Waals surface area contributed by atoms with Crippen LogP contribution in [0.1, 0.15) is 44.6 Å². The Balaban J connectivity index is 1.90. The second kappa shape index (κ2) is 4.93. The van der Waals surface area contributed by atoms with E-state index in [1.165, 1.54) is 49.8 Å². The molecule has 2 aliphatic rings. The summed E-state index contributed by atoms with van der Waals surface area (Å²) in [5, 5.41) is 0. The van der Waals surface area contributed by atoms with Crippen LogP contribution in [0.15, 0.2) is 24.3 Å². The molecule has 98 valence electrons. The quantitative estimate of drug-likeness (QED) is 0.769. The number of para-hydroxylation sites is 1. The van der Waals surface area contributed by atoms with Gasteiger partial charge >= 0.3 is 0 Å². The van der Waals surface area contributed by atoms with Crippen LogP contribution in [0.25, 0.3) is 0 Å². The molecule has 18 heavy (non-hydrogen) atoms. The lowest BCUT2D eigenvalue weighted by atomic mass is 10.0. The third-order valence-corrected chi connectivity index (χ3v) is 4.65. The van der Waals surface area contributed by atoms with Gasteiger partial charge in [0.15, 0.2) is 0 Å². The van der Waals surface area contributed by atoms with Gasteiger partial charge in [0.2, 0.25) is 0 Å². The third kappa shape index (κ3) is 2.03. The molecule has 1 fully saturated rings. The summed E-state index contributed by atoms with van der Waals surface area (Å²) in [6, 6.07) is 10.4. The van der Waals surface area contributed by atoms with Crippen LogP contribution in [0.2, 0.25) is 0 Å². The minimum Gasteiger partial charge on any atom is -0.364 e. The zero-order valence-corrected chi connectivity index (χ0v) is 11.3. The fourth-order valence-electron chi connectivity index (χ4n) is 3.76. The van der Waals surface area contributed by atoms with E-state index in [1.54, 1.807) is 0 Å². The molecular weight excluding hydrogens is 220 g/mol. The van der Waals surface area contributed by atoms with Crippen LogP contribution in [0.5, 0.6) is 0 Å². The maximum Gasteiger partial charge on any atom is 0.0444 e. The van der Waals surface area contributed by atoms with Crippen molar-refractivity contribution in [2.45, 2.75) is 63.6 Å². The second-order valence-corrected chi connectivity index (χ2v) is 5.96. The monoisotopic (exact) mass is 244 g/mol. The van der Waals surface area contributed by atoms with E-state index in [9.17, 15) is 0 Å². The molecule has 0 amide bonds. The Kier molecular flexibility index (Phi) is 3.29. The number of benzene rings is 1. The average Bonchev–Trinajstić information content (AvgIpc) is 2.55. The number of hydrogen-bond donors (Lipinski definition) is 1. The Labute approximate surface area is 110 Å². The molecule has 1 aliphatic heterocycles. The molecule has 1 heterocycles. The summed E-state index contributed by atoms with van der Waals surface area (Å²) in [5.41, 5.74) is 9.38. The lowest BCUT2D eigenvalue weighted by Gasteiger charge is -2.37. The first kappa shape index (κ1) is 12.0. The van der Waals surface area contributed by atoms with Crippen molar-refractivity contribution in [1.29, 1.82) is 0 Å². The van der Waals surface area contributed by atoms with Crippen LogP contribution in [-0.4, -0.2) is 18.1 Å². The molecule has 1 aromatic rings. The van der Waals surface area contributed by atoms with Gasteiger partial charge in [0.1, 0.15) is 0 Å². The summed E-state index contributed by atoms with van der Waals surface area (Å²) >= 11 is 0. The molecule has 1 saturated carbocycles. The van der Waals surface area contributed by atoms with Gasteiger partial charge < -0.3 is 10.6 Å². The van der Waals surface area contributed by atoms with Crippen LogP contribution in [-0.2, 0) is 6.42 Å². The van der Waals surface area contributed by atoms with Crippen LogP contribution < -0.4 is 10.6 Å². The summed E-state index contributed by atoms with van der Waals surface area (Å²) in [6.07, 6.45) is 7.63. The lowest BCUT2D eigenvalue weighted by molar-refractivity contribution is 0.440. The van der Waals surface area contributed by atoms with Crippen LogP contribution in [0.3, 0.4) is 0 Å². The minimum atomic E-state index is 0.348. The highest BCUT2D eigenvalue weighted by Gasteiger charge is 2.34. The highest BCUT2D eigenvalue weighted by atomic mass is 15.2. The van der Waals surface area contributed by atoms with Gasteiger partial charge in [-0.05, 0) is 37.8 Å². The largest absolute Gasteiger partial charge is 0.364 e. The van der Waals surface area contributed by atoms with Gasteiger partial charge in [-0.15, -0.1) is 0 Å². The van der Waals surface area contributed by atoms with Crippen LogP contribution in [0, 0.1) is 0 Å². The maximum absolute atomic E-state index is 6.44. The predicted molar refractivity (Wildman–Crippen MR) is 76.9 cm³/mol. The average molecular weight is 244 g/mol. The molecule has 3 unspecified atom stereocenters. The summed E-state index contributed by atoms with van der Waals surface area (Å²) in [6.45, 7) is 2.34. The van der Waals surface area contributed by atoms with Gasteiger partial charge in [-0.2, -0.15) is 0 Å². The van der Waals surface area contributed by atoms with E-state index in [0.29, 0.717) is 18.1 Å². The Hall–Kier alpha value is -1.02. The maximum atomic E-state index is 6.44. The van der Waals surface area contributed by atoms with Crippen molar-refractivity contribution < 1.29 is 0 Å². The summed E-state index contributed by atoms with van der Waals surface area (Å²) in [5.74, 6) is 0. The van der Waals surface area contributed by atoms with Gasteiger partial charge in [0.05, 0.1) is 0 Å². The van der Waals surface area contributed by atoms with Crippen molar-refractivity contribution in [1.82, 2.24) is 0 Å². The van der Waals surface area contributed by atoms with Gasteiger partial charge in [0, 0.05) is 23.8 Å². The zero-order valence-electron chi connectivity index (χ0n) is 11.3. The molecule has 2 N–H and O–H groups in total.